The lowest BCUT2D eigenvalue weighted by molar-refractivity contribution is -0.118. The highest BCUT2D eigenvalue weighted by Gasteiger charge is 1.93. The molecule has 0 aliphatic carbocycles. The van der Waals surface area contributed by atoms with Gasteiger partial charge in [0.15, 0.2) is 0 Å². The molecule has 1 amide bonds. The number of nitrogens with one attached hydrogen (secondary N) is 2. The molecule has 0 bridgehead atoms. The van der Waals surface area contributed by atoms with Crippen molar-refractivity contribution in [1.82, 2.24) is 15.5 Å². The van der Waals surface area contributed by atoms with Crippen LogP contribution < -0.4 is 5.32 Å². The number of hydrogen-bond donors (Lipinski definition) is 2. The number of aromatic amines is 1. The van der Waals surface area contributed by atoms with Crippen LogP contribution in [-0.4, -0.2) is 22.6 Å². The highest BCUT2D eigenvalue weighted by Crippen LogP contribution is 1.92. The summed E-state index contributed by atoms with van der Waals surface area (Å²) in [5, 5.41) is 9.19. The number of rotatable bonds is 3. The number of nitrogens with zero attached hydrogens (tertiary/aromatic N) is 1. The maximum Gasteiger partial charge on any atom is 0.216 e. The summed E-state index contributed by atoms with van der Waals surface area (Å²) in [4.78, 5) is 10.4. The van der Waals surface area contributed by atoms with E-state index in [1.807, 2.05) is 6.20 Å². The summed E-state index contributed by atoms with van der Waals surface area (Å²) in [6, 6.07) is 0. The van der Waals surface area contributed by atoms with E-state index < -0.39 is 0 Å². The third kappa shape index (κ3) is 2.84. The van der Waals surface area contributed by atoms with Crippen LogP contribution in [0.3, 0.4) is 0 Å². The Morgan fingerprint density at radius 1 is 1.82 bits per heavy atom. The lowest BCUT2D eigenvalue weighted by Crippen LogP contribution is -2.22. The SMILES string of the molecule is CC(=O)NCCc1cn[nH]c1. The van der Waals surface area contributed by atoms with Gasteiger partial charge in [0.05, 0.1) is 6.20 Å². The minimum absolute atomic E-state index is 0.00787. The molecule has 60 valence electrons. The zero-order chi connectivity index (χ0) is 8.10. The van der Waals surface area contributed by atoms with E-state index in [0.29, 0.717) is 6.54 Å². The zero-order valence-electron chi connectivity index (χ0n) is 6.42. The molecule has 2 N–H and O–H groups in total. The fourth-order valence-electron chi connectivity index (χ4n) is 0.797. The van der Waals surface area contributed by atoms with Crippen molar-refractivity contribution in [2.24, 2.45) is 0 Å². The van der Waals surface area contributed by atoms with Gasteiger partial charge in [-0.15, -0.1) is 0 Å². The van der Waals surface area contributed by atoms with Crippen molar-refractivity contribution < 1.29 is 4.79 Å². The van der Waals surface area contributed by atoms with Crippen LogP contribution in [0.25, 0.3) is 0 Å². The van der Waals surface area contributed by atoms with Crippen molar-refractivity contribution in [2.45, 2.75) is 13.3 Å². The molecule has 4 heteroatoms. The van der Waals surface area contributed by atoms with Gasteiger partial charge in [-0.2, -0.15) is 5.10 Å². The van der Waals surface area contributed by atoms with Gasteiger partial charge in [0.2, 0.25) is 5.91 Å². The lowest BCUT2D eigenvalue weighted by Gasteiger charge is -1.97. The Morgan fingerprint density at radius 2 is 2.64 bits per heavy atom. The van der Waals surface area contributed by atoms with Gasteiger partial charge in [0.25, 0.3) is 0 Å². The summed E-state index contributed by atoms with van der Waals surface area (Å²) in [7, 11) is 0. The van der Waals surface area contributed by atoms with Crippen molar-refractivity contribution in [1.29, 1.82) is 0 Å². The van der Waals surface area contributed by atoms with Crippen molar-refractivity contribution in [3.8, 4) is 0 Å². The second kappa shape index (κ2) is 3.75. The van der Waals surface area contributed by atoms with E-state index >= 15 is 0 Å². The van der Waals surface area contributed by atoms with Crippen LogP contribution in [0.4, 0.5) is 0 Å². The quantitative estimate of drug-likeness (QED) is 0.646. The molecule has 0 spiro atoms. The summed E-state index contributed by atoms with van der Waals surface area (Å²) in [5.74, 6) is 0.00787. The number of carbonyl (C=O) groups excluding carboxylic acids is 1. The van der Waals surface area contributed by atoms with Crippen LogP contribution in [0.2, 0.25) is 0 Å². The predicted octanol–water partition coefficient (Wildman–Crippen LogP) is 0.0883. The van der Waals surface area contributed by atoms with Gasteiger partial charge in [0, 0.05) is 19.7 Å². The Labute approximate surface area is 65.0 Å². The van der Waals surface area contributed by atoms with Crippen LogP contribution in [-0.2, 0) is 11.2 Å². The van der Waals surface area contributed by atoms with Crippen molar-refractivity contribution in [3.63, 3.8) is 0 Å². The van der Waals surface area contributed by atoms with Gasteiger partial charge in [-0.3, -0.25) is 9.89 Å². The lowest BCUT2D eigenvalue weighted by atomic mass is 10.2. The van der Waals surface area contributed by atoms with Crippen LogP contribution in [0.15, 0.2) is 12.4 Å². The first-order valence-corrected chi connectivity index (χ1v) is 3.51. The molecule has 0 saturated heterocycles. The molecule has 0 radical (unpaired) electrons. The number of H-pyrrole nitrogens is 1. The number of aromatic nitrogens is 2. The Kier molecular flexibility index (Phi) is 2.66. The first kappa shape index (κ1) is 7.78. The van der Waals surface area contributed by atoms with Crippen LogP contribution in [0, 0.1) is 0 Å². The first-order valence-electron chi connectivity index (χ1n) is 3.51. The molecule has 1 rings (SSSR count). The number of amides is 1. The summed E-state index contributed by atoms with van der Waals surface area (Å²) < 4.78 is 0. The third-order valence-corrected chi connectivity index (χ3v) is 1.34. The van der Waals surface area contributed by atoms with Gasteiger partial charge >= 0.3 is 0 Å². The molecule has 0 fully saturated rings. The normalized spacial score (nSPS) is 9.55. The molecule has 1 heterocycles. The molecule has 0 aliphatic rings. The number of carbonyl (C=O) groups is 1. The standard InChI is InChI=1S/C7H11N3O/c1-6(11)8-3-2-7-4-9-10-5-7/h4-5H,2-3H2,1H3,(H,8,11)(H,9,10). The molecule has 0 atom stereocenters. The highest BCUT2D eigenvalue weighted by molar-refractivity contribution is 5.72. The Bertz CT molecular complexity index is 218. The maximum absolute atomic E-state index is 10.4. The Hall–Kier alpha value is -1.32. The van der Waals surface area contributed by atoms with E-state index in [1.54, 1.807) is 6.20 Å². The highest BCUT2D eigenvalue weighted by atomic mass is 16.1. The first-order chi connectivity index (χ1) is 5.29. The minimum atomic E-state index is 0.00787. The van der Waals surface area contributed by atoms with Gasteiger partial charge < -0.3 is 5.32 Å². The van der Waals surface area contributed by atoms with Gasteiger partial charge in [-0.1, -0.05) is 0 Å². The minimum Gasteiger partial charge on any atom is -0.356 e. The Morgan fingerprint density at radius 3 is 3.18 bits per heavy atom. The molecule has 1 aromatic rings. The zero-order valence-corrected chi connectivity index (χ0v) is 6.42. The second-order valence-corrected chi connectivity index (χ2v) is 2.34. The average molecular weight is 153 g/mol. The van der Waals surface area contributed by atoms with Gasteiger partial charge in [0.1, 0.15) is 0 Å². The van der Waals surface area contributed by atoms with Crippen LogP contribution in [0.1, 0.15) is 12.5 Å². The van der Waals surface area contributed by atoms with Crippen molar-refractivity contribution >= 4 is 5.91 Å². The average Bonchev–Trinajstić information content (AvgIpc) is 2.39. The Balaban J connectivity index is 2.19. The largest absolute Gasteiger partial charge is 0.356 e. The van der Waals surface area contributed by atoms with Crippen molar-refractivity contribution in [2.75, 3.05) is 6.54 Å². The smallest absolute Gasteiger partial charge is 0.216 e. The second-order valence-electron chi connectivity index (χ2n) is 2.34. The third-order valence-electron chi connectivity index (χ3n) is 1.34. The van der Waals surface area contributed by atoms with E-state index in [-0.39, 0.29) is 5.91 Å². The van der Waals surface area contributed by atoms with E-state index in [4.69, 9.17) is 0 Å². The summed E-state index contributed by atoms with van der Waals surface area (Å²) in [5.41, 5.74) is 1.11. The molecule has 0 aromatic carbocycles. The summed E-state index contributed by atoms with van der Waals surface area (Å²) in [6.45, 7) is 2.18. The monoisotopic (exact) mass is 153 g/mol. The maximum atomic E-state index is 10.4. The van der Waals surface area contributed by atoms with Gasteiger partial charge in [-0.25, -0.2) is 0 Å². The number of hydrogen-bond acceptors (Lipinski definition) is 2. The van der Waals surface area contributed by atoms with Crippen molar-refractivity contribution in [3.05, 3.63) is 18.0 Å². The summed E-state index contributed by atoms with van der Waals surface area (Å²) >= 11 is 0. The molecule has 0 saturated carbocycles. The van der Waals surface area contributed by atoms with Gasteiger partial charge in [-0.05, 0) is 12.0 Å². The topological polar surface area (TPSA) is 57.8 Å². The molecular formula is C7H11N3O. The molecule has 0 aliphatic heterocycles. The molecule has 11 heavy (non-hydrogen) atoms. The fourth-order valence-corrected chi connectivity index (χ4v) is 0.797. The summed E-state index contributed by atoms with van der Waals surface area (Å²) in [6.07, 6.45) is 4.40. The predicted molar refractivity (Wildman–Crippen MR) is 41.0 cm³/mol. The molecule has 0 unspecified atom stereocenters. The van der Waals surface area contributed by atoms with Crippen LogP contribution in [0.5, 0.6) is 0 Å². The van der Waals surface area contributed by atoms with E-state index in [9.17, 15) is 4.79 Å². The molecular weight excluding hydrogens is 142 g/mol. The molecule has 1 aromatic heterocycles. The molecule has 4 nitrogen and oxygen atoms in total. The van der Waals surface area contributed by atoms with Crippen LogP contribution >= 0.6 is 0 Å². The fraction of sp³-hybridized carbons (Fsp3) is 0.429. The van der Waals surface area contributed by atoms with E-state index in [1.165, 1.54) is 6.92 Å². The van der Waals surface area contributed by atoms with E-state index in [0.717, 1.165) is 12.0 Å². The van der Waals surface area contributed by atoms with E-state index in [2.05, 4.69) is 15.5 Å².